The van der Waals surface area contributed by atoms with Crippen LogP contribution in [0.4, 0.5) is 0 Å². The molecule has 6 nitrogen and oxygen atoms in total. The average Bonchev–Trinajstić information content (AvgIpc) is 3.26. The molecule has 1 aliphatic carbocycles. The highest BCUT2D eigenvalue weighted by molar-refractivity contribution is 6.02. The number of ether oxygens (including phenoxy) is 3. The summed E-state index contributed by atoms with van der Waals surface area (Å²) < 4.78 is 16.2. The predicted octanol–water partition coefficient (Wildman–Crippen LogP) is 3.07. The van der Waals surface area contributed by atoms with Crippen molar-refractivity contribution in [1.82, 2.24) is 0 Å². The number of hydrogen-bond donors (Lipinski definition) is 0. The van der Waals surface area contributed by atoms with Gasteiger partial charge in [0.2, 0.25) is 0 Å². The molecule has 1 aromatic rings. The first-order chi connectivity index (χ1) is 11.7. The Balaban J connectivity index is 1.70. The second-order valence-corrected chi connectivity index (χ2v) is 6.14. The number of carbonyl (C=O) groups is 1. The molecule has 2 aliphatic rings. The summed E-state index contributed by atoms with van der Waals surface area (Å²) in [5.74, 6) is 1.16. The van der Waals surface area contributed by atoms with Gasteiger partial charge in [-0.3, -0.25) is 4.79 Å². The van der Waals surface area contributed by atoms with Crippen LogP contribution in [0.1, 0.15) is 44.1 Å². The molecule has 1 fully saturated rings. The Morgan fingerprint density at radius 2 is 2.04 bits per heavy atom. The van der Waals surface area contributed by atoms with Crippen LogP contribution in [0, 0.1) is 0 Å². The molecule has 24 heavy (non-hydrogen) atoms. The van der Waals surface area contributed by atoms with E-state index < -0.39 is 0 Å². The lowest BCUT2D eigenvalue weighted by atomic mass is 10.0. The van der Waals surface area contributed by atoms with Crippen molar-refractivity contribution in [1.29, 1.82) is 0 Å². The van der Waals surface area contributed by atoms with Gasteiger partial charge in [-0.1, -0.05) is 5.16 Å². The first-order valence-electron chi connectivity index (χ1n) is 8.34. The monoisotopic (exact) mass is 333 g/mol. The molecule has 0 amide bonds. The Morgan fingerprint density at radius 1 is 1.25 bits per heavy atom. The molecule has 130 valence electrons. The summed E-state index contributed by atoms with van der Waals surface area (Å²) in [6.07, 6.45) is 5.34. The van der Waals surface area contributed by atoms with E-state index in [1.807, 2.05) is 18.2 Å². The van der Waals surface area contributed by atoms with Gasteiger partial charge in [-0.15, -0.1) is 0 Å². The number of carbonyl (C=O) groups excluding carboxylic acids is 1. The largest absolute Gasteiger partial charge is 0.493 e. The number of esters is 1. The highest BCUT2D eigenvalue weighted by atomic mass is 16.6. The van der Waals surface area contributed by atoms with Gasteiger partial charge in [0, 0.05) is 12.0 Å². The molecular formula is C18H23NO5. The van der Waals surface area contributed by atoms with Crippen molar-refractivity contribution in [2.75, 3.05) is 14.2 Å². The van der Waals surface area contributed by atoms with Crippen LogP contribution in [-0.2, 0) is 14.4 Å². The van der Waals surface area contributed by atoms with Gasteiger partial charge in [0.1, 0.15) is 6.10 Å². The maximum atomic E-state index is 11.4. The molecule has 0 bridgehead atoms. The van der Waals surface area contributed by atoms with Crippen LogP contribution in [0.15, 0.2) is 23.4 Å². The first-order valence-corrected chi connectivity index (χ1v) is 8.34. The summed E-state index contributed by atoms with van der Waals surface area (Å²) in [6.45, 7) is 0. The zero-order valence-electron chi connectivity index (χ0n) is 14.1. The van der Waals surface area contributed by atoms with Gasteiger partial charge >= 0.3 is 5.97 Å². The maximum absolute atomic E-state index is 11.4. The fourth-order valence-corrected chi connectivity index (χ4v) is 3.11. The second-order valence-electron chi connectivity index (χ2n) is 6.14. The average molecular weight is 333 g/mol. The van der Waals surface area contributed by atoms with Crippen molar-refractivity contribution in [3.05, 3.63) is 23.8 Å². The number of methoxy groups -OCH3 is 2. The van der Waals surface area contributed by atoms with Crippen molar-refractivity contribution in [3.63, 3.8) is 0 Å². The lowest BCUT2D eigenvalue weighted by Gasteiger charge is -2.16. The summed E-state index contributed by atoms with van der Waals surface area (Å²) in [4.78, 5) is 16.7. The van der Waals surface area contributed by atoms with Gasteiger partial charge in [-0.05, 0) is 43.9 Å². The number of nitrogens with zero attached hydrogens (tertiary/aromatic N) is 1. The lowest BCUT2D eigenvalue weighted by Crippen LogP contribution is -2.15. The standard InChI is InChI=1S/C18H23NO5/c1-21-16-8-7-12(9-17(16)23-13-5-3-4-6-13)15-10-14(24-19-15)11-18(20)22-2/h7-9,13-14H,3-6,10-11H2,1-2H3. The summed E-state index contributed by atoms with van der Waals surface area (Å²) in [7, 11) is 3.01. The number of oxime groups is 1. The smallest absolute Gasteiger partial charge is 0.309 e. The van der Waals surface area contributed by atoms with Gasteiger partial charge in [-0.25, -0.2) is 0 Å². The van der Waals surface area contributed by atoms with Crippen LogP contribution in [0.2, 0.25) is 0 Å². The Labute approximate surface area is 141 Å². The molecule has 3 rings (SSSR count). The molecule has 1 aliphatic heterocycles. The predicted molar refractivity (Wildman–Crippen MR) is 88.5 cm³/mol. The minimum atomic E-state index is -0.295. The van der Waals surface area contributed by atoms with Gasteiger partial charge < -0.3 is 19.0 Å². The van der Waals surface area contributed by atoms with Crippen LogP contribution in [0.5, 0.6) is 11.5 Å². The summed E-state index contributed by atoms with van der Waals surface area (Å²) in [5, 5.41) is 4.12. The van der Waals surface area contributed by atoms with Crippen molar-refractivity contribution in [2.24, 2.45) is 5.16 Å². The minimum absolute atomic E-state index is 0.199. The SMILES string of the molecule is COC(=O)CC1CC(c2ccc(OC)c(OC3CCCC3)c2)=NO1. The van der Waals surface area contributed by atoms with Crippen molar-refractivity contribution < 1.29 is 23.8 Å². The normalized spacial score (nSPS) is 20.4. The molecule has 0 spiro atoms. The van der Waals surface area contributed by atoms with Crippen molar-refractivity contribution >= 4 is 11.7 Å². The second kappa shape index (κ2) is 7.55. The lowest BCUT2D eigenvalue weighted by molar-refractivity contribution is -0.143. The van der Waals surface area contributed by atoms with Gasteiger partial charge in [-0.2, -0.15) is 0 Å². The minimum Gasteiger partial charge on any atom is -0.493 e. The Morgan fingerprint density at radius 3 is 2.75 bits per heavy atom. The molecule has 0 N–H and O–H groups in total. The molecule has 6 heteroatoms. The molecule has 1 unspecified atom stereocenters. The molecule has 1 heterocycles. The van der Waals surface area contributed by atoms with Gasteiger partial charge in [0.15, 0.2) is 11.5 Å². The third kappa shape index (κ3) is 3.80. The third-order valence-electron chi connectivity index (χ3n) is 4.45. The number of hydrogen-bond acceptors (Lipinski definition) is 6. The highest BCUT2D eigenvalue weighted by Gasteiger charge is 2.26. The molecule has 0 radical (unpaired) electrons. The molecular weight excluding hydrogens is 310 g/mol. The van der Waals surface area contributed by atoms with Gasteiger partial charge in [0.05, 0.1) is 32.5 Å². The van der Waals surface area contributed by atoms with E-state index in [-0.39, 0.29) is 24.6 Å². The zero-order chi connectivity index (χ0) is 16.9. The van der Waals surface area contributed by atoms with E-state index in [0.717, 1.165) is 35.6 Å². The number of rotatable bonds is 6. The topological polar surface area (TPSA) is 66.4 Å². The fourth-order valence-electron chi connectivity index (χ4n) is 3.11. The van der Waals surface area contributed by atoms with Gasteiger partial charge in [0.25, 0.3) is 0 Å². The van der Waals surface area contributed by atoms with E-state index in [0.29, 0.717) is 6.42 Å². The molecule has 1 aromatic carbocycles. The summed E-state index contributed by atoms with van der Waals surface area (Å²) in [6, 6.07) is 5.76. The van der Waals surface area contributed by atoms with E-state index in [1.165, 1.54) is 20.0 Å². The molecule has 1 saturated carbocycles. The van der Waals surface area contributed by atoms with Crippen molar-refractivity contribution in [3.8, 4) is 11.5 Å². The van der Waals surface area contributed by atoms with E-state index in [2.05, 4.69) is 9.89 Å². The van der Waals surface area contributed by atoms with Crippen LogP contribution in [-0.4, -0.2) is 38.1 Å². The number of benzene rings is 1. The molecule has 0 saturated heterocycles. The van der Waals surface area contributed by atoms with E-state index in [9.17, 15) is 4.79 Å². The van der Waals surface area contributed by atoms with Crippen LogP contribution < -0.4 is 9.47 Å². The first kappa shape index (κ1) is 16.6. The Hall–Kier alpha value is -2.24. The maximum Gasteiger partial charge on any atom is 0.309 e. The Bertz CT molecular complexity index is 622. The fraction of sp³-hybridized carbons (Fsp3) is 0.556. The van der Waals surface area contributed by atoms with E-state index in [1.54, 1.807) is 7.11 Å². The van der Waals surface area contributed by atoms with Crippen LogP contribution in [0.3, 0.4) is 0 Å². The van der Waals surface area contributed by atoms with Crippen LogP contribution >= 0.6 is 0 Å². The molecule has 1 atom stereocenters. The quantitative estimate of drug-likeness (QED) is 0.749. The van der Waals surface area contributed by atoms with Crippen molar-refractivity contribution in [2.45, 2.75) is 50.7 Å². The highest BCUT2D eigenvalue weighted by Crippen LogP contribution is 2.33. The van der Waals surface area contributed by atoms with E-state index >= 15 is 0 Å². The third-order valence-corrected chi connectivity index (χ3v) is 4.45. The molecule has 0 aromatic heterocycles. The summed E-state index contributed by atoms with van der Waals surface area (Å²) >= 11 is 0. The van der Waals surface area contributed by atoms with Crippen LogP contribution in [0.25, 0.3) is 0 Å². The Kier molecular flexibility index (Phi) is 5.23. The zero-order valence-corrected chi connectivity index (χ0v) is 14.1. The summed E-state index contributed by atoms with van der Waals surface area (Å²) in [5.41, 5.74) is 1.74. The van der Waals surface area contributed by atoms with E-state index in [4.69, 9.17) is 14.3 Å².